The number of hydrogen-bond donors (Lipinski definition) is 0. The first-order valence-corrected chi connectivity index (χ1v) is 8.15. The molecule has 0 unspecified atom stereocenters. The van der Waals surface area contributed by atoms with Crippen molar-refractivity contribution in [1.82, 2.24) is 0 Å². The van der Waals surface area contributed by atoms with E-state index in [1.807, 2.05) is 0 Å². The van der Waals surface area contributed by atoms with E-state index in [0.717, 1.165) is 5.56 Å². The van der Waals surface area contributed by atoms with Gasteiger partial charge in [-0.05, 0) is 18.6 Å². The molecule has 20 heavy (non-hydrogen) atoms. The highest BCUT2D eigenvalue weighted by atomic mass is 35.7. The summed E-state index contributed by atoms with van der Waals surface area (Å²) in [4.78, 5) is 10.3. The van der Waals surface area contributed by atoms with Crippen molar-refractivity contribution in [3.63, 3.8) is 0 Å². The predicted molar refractivity (Wildman–Crippen MR) is 73.8 cm³/mol. The van der Waals surface area contributed by atoms with Crippen LogP contribution in [-0.4, -0.2) is 38.9 Å². The second-order valence-corrected chi connectivity index (χ2v) is 6.83. The van der Waals surface area contributed by atoms with Crippen molar-refractivity contribution < 1.29 is 22.8 Å². The number of hydrogen-bond acceptors (Lipinski definition) is 6. The van der Waals surface area contributed by atoms with Crippen LogP contribution in [0.2, 0.25) is 0 Å². The Bertz CT molecular complexity index is 574. The monoisotopic (exact) mass is 323 g/mol. The maximum atomic E-state index is 10.8. The highest BCUT2D eigenvalue weighted by Gasteiger charge is 2.14. The normalized spacial score (nSPS) is 11.3. The lowest BCUT2D eigenvalue weighted by Gasteiger charge is -2.07. The Kier molecular flexibility index (Phi) is 6.18. The van der Waals surface area contributed by atoms with Crippen molar-refractivity contribution in [1.29, 1.82) is 0 Å². The molecule has 0 bridgehead atoms. The molecule has 0 saturated heterocycles. The van der Waals surface area contributed by atoms with Crippen molar-refractivity contribution in [3.8, 4) is 5.75 Å². The molecule has 0 saturated carbocycles. The molecular formula is C11H14ClNO6S. The van der Waals surface area contributed by atoms with Gasteiger partial charge in [0.05, 0.1) is 23.9 Å². The van der Waals surface area contributed by atoms with Crippen LogP contribution in [0.25, 0.3) is 0 Å². The van der Waals surface area contributed by atoms with Crippen LogP contribution in [0.15, 0.2) is 18.2 Å². The van der Waals surface area contributed by atoms with Gasteiger partial charge in [-0.25, -0.2) is 8.42 Å². The molecule has 0 N–H and O–H groups in total. The number of nitro benzene ring substituents is 1. The van der Waals surface area contributed by atoms with Crippen molar-refractivity contribution in [3.05, 3.63) is 33.9 Å². The lowest BCUT2D eigenvalue weighted by Crippen LogP contribution is -2.12. The topological polar surface area (TPSA) is 95.7 Å². The number of halogens is 1. The van der Waals surface area contributed by atoms with Crippen LogP contribution in [0.4, 0.5) is 5.69 Å². The van der Waals surface area contributed by atoms with Crippen molar-refractivity contribution in [2.45, 2.75) is 6.92 Å². The lowest BCUT2D eigenvalue weighted by atomic mass is 10.2. The van der Waals surface area contributed by atoms with Crippen LogP contribution in [-0.2, 0) is 13.8 Å². The fourth-order valence-corrected chi connectivity index (χ4v) is 1.87. The zero-order valence-corrected chi connectivity index (χ0v) is 12.3. The number of benzene rings is 1. The first kappa shape index (κ1) is 16.7. The van der Waals surface area contributed by atoms with E-state index in [4.69, 9.17) is 20.2 Å². The number of rotatable bonds is 8. The van der Waals surface area contributed by atoms with Gasteiger partial charge in [-0.2, -0.15) is 0 Å². The van der Waals surface area contributed by atoms with E-state index in [0.29, 0.717) is 0 Å². The summed E-state index contributed by atoms with van der Waals surface area (Å²) in [7, 11) is 1.43. The summed E-state index contributed by atoms with van der Waals surface area (Å²) in [5.74, 6) is -0.145. The van der Waals surface area contributed by atoms with Gasteiger partial charge in [0, 0.05) is 16.7 Å². The van der Waals surface area contributed by atoms with E-state index in [-0.39, 0.29) is 37.0 Å². The van der Waals surface area contributed by atoms with Crippen molar-refractivity contribution >= 4 is 25.4 Å². The van der Waals surface area contributed by atoms with E-state index in [9.17, 15) is 18.5 Å². The van der Waals surface area contributed by atoms with Crippen molar-refractivity contribution in [2.24, 2.45) is 0 Å². The Hall–Kier alpha value is -1.38. The van der Waals surface area contributed by atoms with Gasteiger partial charge in [-0.3, -0.25) is 10.1 Å². The summed E-state index contributed by atoms with van der Waals surface area (Å²) < 4.78 is 31.5. The largest absolute Gasteiger partial charge is 0.484 e. The van der Waals surface area contributed by atoms with Crippen LogP contribution in [0.1, 0.15) is 5.56 Å². The minimum atomic E-state index is -3.57. The predicted octanol–water partition coefficient (Wildman–Crippen LogP) is 1.87. The van der Waals surface area contributed by atoms with Crippen LogP contribution < -0.4 is 4.74 Å². The fraction of sp³-hybridized carbons (Fsp3) is 0.455. The summed E-state index contributed by atoms with van der Waals surface area (Å²) in [6.07, 6.45) is 0. The molecule has 0 aromatic heterocycles. The van der Waals surface area contributed by atoms with Gasteiger partial charge in [-0.1, -0.05) is 6.07 Å². The molecule has 1 aromatic rings. The van der Waals surface area contributed by atoms with Crippen LogP contribution >= 0.6 is 10.7 Å². The summed E-state index contributed by atoms with van der Waals surface area (Å²) in [6, 6.07) is 4.62. The Morgan fingerprint density at radius 1 is 1.30 bits per heavy atom. The molecule has 7 nitrogen and oxygen atoms in total. The van der Waals surface area contributed by atoms with E-state index in [1.54, 1.807) is 13.0 Å². The smallest absolute Gasteiger partial charge is 0.311 e. The SMILES string of the molecule is Cc1ccc(OCCOCCS(=O)(=O)Cl)c([N+](=O)[O-])c1. The first-order valence-electron chi connectivity index (χ1n) is 5.67. The van der Waals surface area contributed by atoms with E-state index < -0.39 is 14.0 Å². The molecule has 0 aliphatic heterocycles. The Morgan fingerprint density at radius 2 is 2.00 bits per heavy atom. The zero-order chi connectivity index (χ0) is 15.2. The highest BCUT2D eigenvalue weighted by molar-refractivity contribution is 8.13. The molecule has 1 rings (SSSR count). The molecule has 0 radical (unpaired) electrons. The molecule has 1 aromatic carbocycles. The molecule has 9 heteroatoms. The Morgan fingerprint density at radius 3 is 2.60 bits per heavy atom. The number of ether oxygens (including phenoxy) is 2. The lowest BCUT2D eigenvalue weighted by molar-refractivity contribution is -0.385. The Balaban J connectivity index is 2.41. The van der Waals surface area contributed by atoms with Crippen LogP contribution in [0, 0.1) is 17.0 Å². The van der Waals surface area contributed by atoms with Gasteiger partial charge in [0.25, 0.3) is 0 Å². The zero-order valence-electron chi connectivity index (χ0n) is 10.7. The number of aryl methyl sites for hydroxylation is 1. The highest BCUT2D eigenvalue weighted by Crippen LogP contribution is 2.27. The average Bonchev–Trinajstić information content (AvgIpc) is 2.33. The van der Waals surface area contributed by atoms with Gasteiger partial charge in [-0.15, -0.1) is 0 Å². The van der Waals surface area contributed by atoms with E-state index >= 15 is 0 Å². The molecule has 0 heterocycles. The first-order chi connectivity index (χ1) is 9.29. The summed E-state index contributed by atoms with van der Waals surface area (Å²) in [6.45, 7) is 1.88. The Labute approximate surface area is 121 Å². The van der Waals surface area contributed by atoms with E-state index in [2.05, 4.69) is 0 Å². The third-order valence-corrected chi connectivity index (χ3v) is 3.39. The molecule has 0 aliphatic rings. The molecule has 0 amide bonds. The molecule has 0 aliphatic carbocycles. The summed E-state index contributed by atoms with van der Waals surface area (Å²) in [5, 5.41) is 10.8. The van der Waals surface area contributed by atoms with Gasteiger partial charge in [0.2, 0.25) is 9.05 Å². The molecule has 112 valence electrons. The fourth-order valence-electron chi connectivity index (χ4n) is 1.36. The van der Waals surface area contributed by atoms with E-state index in [1.165, 1.54) is 12.1 Å². The summed E-state index contributed by atoms with van der Waals surface area (Å²) >= 11 is 0. The average molecular weight is 324 g/mol. The molecular weight excluding hydrogens is 310 g/mol. The summed E-state index contributed by atoms with van der Waals surface area (Å²) in [5.41, 5.74) is 0.640. The second-order valence-electron chi connectivity index (χ2n) is 3.93. The van der Waals surface area contributed by atoms with Gasteiger partial charge < -0.3 is 9.47 Å². The number of nitro groups is 1. The van der Waals surface area contributed by atoms with Gasteiger partial charge in [0.15, 0.2) is 5.75 Å². The van der Waals surface area contributed by atoms with Crippen LogP contribution in [0.3, 0.4) is 0 Å². The van der Waals surface area contributed by atoms with Gasteiger partial charge >= 0.3 is 5.69 Å². The molecule has 0 atom stereocenters. The quantitative estimate of drug-likeness (QED) is 0.313. The van der Waals surface area contributed by atoms with Crippen molar-refractivity contribution in [2.75, 3.05) is 25.6 Å². The maximum absolute atomic E-state index is 10.8. The second kappa shape index (κ2) is 7.41. The standard InChI is InChI=1S/C11H14ClNO6S/c1-9-2-3-11(10(8-9)13(14)15)19-5-4-18-6-7-20(12,16)17/h2-3,8H,4-7H2,1H3. The third kappa shape index (κ3) is 6.18. The maximum Gasteiger partial charge on any atom is 0.311 e. The number of nitrogens with zero attached hydrogens (tertiary/aromatic N) is 1. The van der Waals surface area contributed by atoms with Crippen LogP contribution in [0.5, 0.6) is 5.75 Å². The van der Waals surface area contributed by atoms with Gasteiger partial charge in [0.1, 0.15) is 6.61 Å². The third-order valence-electron chi connectivity index (χ3n) is 2.27. The minimum Gasteiger partial charge on any atom is -0.484 e. The molecule has 0 spiro atoms. The minimum absolute atomic E-state index is 0.0504. The molecule has 0 fully saturated rings.